The molecule has 0 spiro atoms. The summed E-state index contributed by atoms with van der Waals surface area (Å²) in [7, 11) is 0.282. The second-order valence-corrected chi connectivity index (χ2v) is 10.1. The molecule has 0 bridgehead atoms. The molecule has 200 valence electrons. The summed E-state index contributed by atoms with van der Waals surface area (Å²) < 4.78 is 58.2. The number of methoxy groups -OCH3 is 3. The summed E-state index contributed by atoms with van der Waals surface area (Å²) in [5.74, 6) is 0.573. The van der Waals surface area contributed by atoms with Gasteiger partial charge in [0.05, 0.1) is 58.8 Å². The quantitative estimate of drug-likeness (QED) is 0.387. The first kappa shape index (κ1) is 26.4. The molecule has 4 rings (SSSR count). The van der Waals surface area contributed by atoms with Gasteiger partial charge in [0.25, 0.3) is 0 Å². The highest BCUT2D eigenvalue weighted by molar-refractivity contribution is 7.93. The van der Waals surface area contributed by atoms with Crippen LogP contribution in [0, 0.1) is 0 Å². The van der Waals surface area contributed by atoms with E-state index in [-0.39, 0.29) is 35.8 Å². The van der Waals surface area contributed by atoms with Crippen molar-refractivity contribution in [3.8, 4) is 23.2 Å². The van der Waals surface area contributed by atoms with E-state index in [2.05, 4.69) is 34.9 Å². The van der Waals surface area contributed by atoms with Gasteiger partial charge in [-0.3, -0.25) is 9.29 Å². The zero-order chi connectivity index (χ0) is 26.6. The van der Waals surface area contributed by atoms with Crippen LogP contribution in [0.4, 0.5) is 5.95 Å². The highest BCUT2D eigenvalue weighted by Crippen LogP contribution is 2.35. The summed E-state index contributed by atoms with van der Waals surface area (Å²) in [4.78, 5) is 16.7. The lowest BCUT2D eigenvalue weighted by Crippen LogP contribution is -2.32. The molecule has 4 heterocycles. The Hall–Kier alpha value is -3.63. The zero-order valence-corrected chi connectivity index (χ0v) is 21.8. The molecule has 1 aliphatic heterocycles. The monoisotopic (exact) mass is 536 g/mol. The second kappa shape index (κ2) is 11.2. The molecule has 0 aromatic carbocycles. The number of ether oxygens (including phenoxy) is 5. The van der Waals surface area contributed by atoms with Gasteiger partial charge in [0.1, 0.15) is 18.3 Å². The molecule has 3 aromatic rings. The SMILES string of the molecule is COc1cnc(C(C)C(C)S(=O)(=O)Nc2nnc([C@H]3COCCO3)n2-c2c(OC)ncnc2OC)nc1. The van der Waals surface area contributed by atoms with Crippen LogP contribution in [0.2, 0.25) is 0 Å². The molecule has 1 saturated heterocycles. The number of sulfonamides is 1. The minimum absolute atomic E-state index is 0.109. The van der Waals surface area contributed by atoms with E-state index in [9.17, 15) is 8.42 Å². The van der Waals surface area contributed by atoms with Crippen molar-refractivity contribution in [1.29, 1.82) is 0 Å². The second-order valence-electron chi connectivity index (χ2n) is 8.01. The number of hydrogen-bond donors (Lipinski definition) is 1. The van der Waals surface area contributed by atoms with E-state index in [0.29, 0.717) is 24.8 Å². The van der Waals surface area contributed by atoms with Crippen LogP contribution in [0.25, 0.3) is 5.69 Å². The Labute approximate surface area is 213 Å². The molecule has 15 nitrogen and oxygen atoms in total. The number of nitrogens with one attached hydrogen (secondary N) is 1. The summed E-state index contributed by atoms with van der Waals surface area (Å²) in [6.45, 7) is 4.20. The van der Waals surface area contributed by atoms with Gasteiger partial charge in [-0.1, -0.05) is 6.92 Å². The highest BCUT2D eigenvalue weighted by Gasteiger charge is 2.34. The molecule has 0 amide bonds. The van der Waals surface area contributed by atoms with Gasteiger partial charge >= 0.3 is 0 Å². The first-order valence-corrected chi connectivity index (χ1v) is 12.8. The van der Waals surface area contributed by atoms with Crippen molar-refractivity contribution in [3.05, 3.63) is 30.4 Å². The average molecular weight is 537 g/mol. The predicted octanol–water partition coefficient (Wildman–Crippen LogP) is 0.895. The lowest BCUT2D eigenvalue weighted by molar-refractivity contribution is -0.0941. The fourth-order valence-electron chi connectivity index (χ4n) is 3.63. The highest BCUT2D eigenvalue weighted by atomic mass is 32.2. The Morgan fingerprint density at radius 3 is 2.24 bits per heavy atom. The maximum atomic E-state index is 13.5. The summed E-state index contributed by atoms with van der Waals surface area (Å²) in [6.07, 6.45) is 3.58. The summed E-state index contributed by atoms with van der Waals surface area (Å²) in [5.41, 5.74) is 0.193. The lowest BCUT2D eigenvalue weighted by Gasteiger charge is -2.24. The molecule has 1 N–H and O–H groups in total. The van der Waals surface area contributed by atoms with Gasteiger partial charge in [0.15, 0.2) is 17.3 Å². The normalized spacial score (nSPS) is 17.6. The van der Waals surface area contributed by atoms with Crippen LogP contribution in [-0.4, -0.2) is 89.5 Å². The van der Waals surface area contributed by atoms with Crippen LogP contribution in [0.3, 0.4) is 0 Å². The number of aromatic nitrogens is 7. The third-order valence-corrected chi connectivity index (χ3v) is 7.73. The van der Waals surface area contributed by atoms with Gasteiger partial charge in [-0.15, -0.1) is 10.2 Å². The van der Waals surface area contributed by atoms with Gasteiger partial charge in [-0.2, -0.15) is 9.97 Å². The maximum absolute atomic E-state index is 13.5. The van der Waals surface area contributed by atoms with Crippen LogP contribution < -0.4 is 18.9 Å². The Bertz CT molecular complexity index is 1290. The first-order chi connectivity index (χ1) is 17.8. The van der Waals surface area contributed by atoms with Gasteiger partial charge in [0, 0.05) is 5.92 Å². The van der Waals surface area contributed by atoms with E-state index in [1.807, 2.05) is 0 Å². The fraction of sp³-hybridized carbons (Fsp3) is 0.524. The molecule has 2 unspecified atom stereocenters. The Morgan fingerprint density at radius 2 is 1.68 bits per heavy atom. The van der Waals surface area contributed by atoms with Crippen LogP contribution in [0.5, 0.6) is 17.5 Å². The van der Waals surface area contributed by atoms with E-state index >= 15 is 0 Å². The van der Waals surface area contributed by atoms with Crippen molar-refractivity contribution in [1.82, 2.24) is 34.7 Å². The van der Waals surface area contributed by atoms with Crippen molar-refractivity contribution in [3.63, 3.8) is 0 Å². The van der Waals surface area contributed by atoms with Gasteiger partial charge in [0.2, 0.25) is 27.7 Å². The Morgan fingerprint density at radius 1 is 1.00 bits per heavy atom. The third-order valence-electron chi connectivity index (χ3n) is 5.88. The fourth-order valence-corrected chi connectivity index (χ4v) is 4.86. The third kappa shape index (κ3) is 5.40. The minimum atomic E-state index is -4.04. The lowest BCUT2D eigenvalue weighted by atomic mass is 10.1. The van der Waals surface area contributed by atoms with Crippen LogP contribution in [-0.2, 0) is 19.5 Å². The van der Waals surface area contributed by atoms with Crippen molar-refractivity contribution in [2.75, 3.05) is 45.9 Å². The smallest absolute Gasteiger partial charge is 0.245 e. The molecule has 1 aliphatic rings. The topological polar surface area (TPSA) is 175 Å². The largest absolute Gasteiger partial charge is 0.494 e. The number of rotatable bonds is 10. The molecule has 3 atom stereocenters. The minimum Gasteiger partial charge on any atom is -0.494 e. The average Bonchev–Trinajstić information content (AvgIpc) is 3.34. The van der Waals surface area contributed by atoms with Crippen LogP contribution >= 0.6 is 0 Å². The molecule has 3 aromatic heterocycles. The molecule has 0 saturated carbocycles. The molecule has 16 heteroatoms. The number of hydrogen-bond acceptors (Lipinski definition) is 13. The standard InChI is InChI=1S/C21H28N8O7S/c1-12(17-22-8-14(32-3)9-23-17)13(2)37(30,31)28-21-27-26-18(15-10-35-6-7-36-15)29(21)16-19(33-4)24-11-25-20(16)34-5/h8-9,11-13,15H,6-7,10H2,1-5H3,(H,27,28)/t12?,13?,15-/m1/s1. The van der Waals surface area contributed by atoms with E-state index in [1.165, 1.54) is 44.6 Å². The predicted molar refractivity (Wildman–Crippen MR) is 129 cm³/mol. The van der Waals surface area contributed by atoms with Crippen LogP contribution in [0.1, 0.15) is 37.5 Å². The molecule has 37 heavy (non-hydrogen) atoms. The summed E-state index contributed by atoms with van der Waals surface area (Å²) >= 11 is 0. The first-order valence-electron chi connectivity index (χ1n) is 11.3. The van der Waals surface area contributed by atoms with Crippen molar-refractivity contribution >= 4 is 16.0 Å². The van der Waals surface area contributed by atoms with Crippen molar-refractivity contribution in [2.24, 2.45) is 0 Å². The molecular formula is C21H28N8O7S. The van der Waals surface area contributed by atoms with Gasteiger partial charge < -0.3 is 23.7 Å². The van der Waals surface area contributed by atoms with Crippen molar-refractivity contribution < 1.29 is 32.1 Å². The van der Waals surface area contributed by atoms with Crippen molar-refractivity contribution in [2.45, 2.75) is 31.1 Å². The maximum Gasteiger partial charge on any atom is 0.245 e. The zero-order valence-electron chi connectivity index (χ0n) is 21.0. The molecule has 0 radical (unpaired) electrons. The number of anilines is 1. The van der Waals surface area contributed by atoms with Gasteiger partial charge in [-0.05, 0) is 6.92 Å². The Kier molecular flexibility index (Phi) is 7.99. The van der Waals surface area contributed by atoms with Crippen LogP contribution in [0.15, 0.2) is 18.7 Å². The van der Waals surface area contributed by atoms with E-state index < -0.39 is 27.3 Å². The molecular weight excluding hydrogens is 508 g/mol. The summed E-state index contributed by atoms with van der Waals surface area (Å²) in [6, 6.07) is 0. The van der Waals surface area contributed by atoms with E-state index in [0.717, 1.165) is 0 Å². The molecule has 0 aliphatic carbocycles. The number of nitrogens with zero attached hydrogens (tertiary/aromatic N) is 7. The van der Waals surface area contributed by atoms with E-state index in [4.69, 9.17) is 23.7 Å². The van der Waals surface area contributed by atoms with Gasteiger partial charge in [-0.25, -0.2) is 18.4 Å². The summed E-state index contributed by atoms with van der Waals surface area (Å²) in [5, 5.41) is 7.36. The molecule has 1 fully saturated rings. The Balaban J connectivity index is 1.74. The van der Waals surface area contributed by atoms with E-state index in [1.54, 1.807) is 13.8 Å².